The Bertz CT molecular complexity index is 407. The second-order valence-electron chi connectivity index (χ2n) is 6.05. The zero-order valence-electron chi connectivity index (χ0n) is 12.8. The Morgan fingerprint density at radius 3 is 2.67 bits per heavy atom. The van der Waals surface area contributed by atoms with Crippen molar-refractivity contribution in [2.75, 3.05) is 19.7 Å². The van der Waals surface area contributed by atoms with Crippen molar-refractivity contribution in [3.05, 3.63) is 29.8 Å². The smallest absolute Gasteiger partial charge is 0.119 e. The second-order valence-corrected chi connectivity index (χ2v) is 6.05. The normalized spacial score (nSPS) is 23.8. The van der Waals surface area contributed by atoms with Gasteiger partial charge in [0.05, 0.1) is 6.10 Å². The number of nitrogens with one attached hydrogen (secondary N) is 1. The Balaban J connectivity index is 1.61. The van der Waals surface area contributed by atoms with Crippen LogP contribution in [0.2, 0.25) is 0 Å². The number of aliphatic hydroxyl groups excluding tert-OH is 2. The molecule has 0 saturated heterocycles. The summed E-state index contributed by atoms with van der Waals surface area (Å²) in [5, 5.41) is 23.0. The number of aryl methyl sites for hydroxylation is 1. The molecule has 4 heteroatoms. The van der Waals surface area contributed by atoms with Gasteiger partial charge in [-0.05, 0) is 37.8 Å². The summed E-state index contributed by atoms with van der Waals surface area (Å²) in [6.45, 7) is 3.57. The molecule has 0 aliphatic heterocycles. The minimum absolute atomic E-state index is 0.188. The Hall–Kier alpha value is -1.10. The molecule has 3 N–H and O–H groups in total. The van der Waals surface area contributed by atoms with Crippen LogP contribution in [0.15, 0.2) is 24.3 Å². The third-order valence-corrected chi connectivity index (χ3v) is 4.12. The van der Waals surface area contributed by atoms with E-state index < -0.39 is 6.10 Å². The van der Waals surface area contributed by atoms with Gasteiger partial charge in [-0.15, -0.1) is 0 Å². The fraction of sp³-hybridized carbons (Fsp3) is 0.647. The van der Waals surface area contributed by atoms with Crippen LogP contribution in [-0.2, 0) is 0 Å². The van der Waals surface area contributed by atoms with Gasteiger partial charge < -0.3 is 20.3 Å². The molecule has 1 saturated carbocycles. The van der Waals surface area contributed by atoms with E-state index in [0.29, 0.717) is 12.5 Å². The average molecular weight is 293 g/mol. The summed E-state index contributed by atoms with van der Waals surface area (Å²) < 4.78 is 5.55. The predicted octanol–water partition coefficient (Wildman–Crippen LogP) is 1.88. The summed E-state index contributed by atoms with van der Waals surface area (Å²) in [7, 11) is 0. The SMILES string of the molecule is Cc1ccc(OCC(O)CNCC2CCCCC2O)cc1. The third-order valence-electron chi connectivity index (χ3n) is 4.12. The van der Waals surface area contributed by atoms with Crippen LogP contribution >= 0.6 is 0 Å². The Kier molecular flexibility index (Phi) is 6.49. The number of benzene rings is 1. The van der Waals surface area contributed by atoms with Crippen LogP contribution in [0.3, 0.4) is 0 Å². The van der Waals surface area contributed by atoms with Crippen LogP contribution in [-0.4, -0.2) is 42.1 Å². The zero-order valence-corrected chi connectivity index (χ0v) is 12.8. The predicted molar refractivity (Wildman–Crippen MR) is 83.5 cm³/mol. The van der Waals surface area contributed by atoms with E-state index in [1.54, 1.807) is 0 Å². The molecule has 1 aromatic rings. The van der Waals surface area contributed by atoms with Crippen molar-refractivity contribution in [2.24, 2.45) is 5.92 Å². The third kappa shape index (κ3) is 5.65. The lowest BCUT2D eigenvalue weighted by Crippen LogP contribution is -2.38. The van der Waals surface area contributed by atoms with Gasteiger partial charge in [0.2, 0.25) is 0 Å². The van der Waals surface area contributed by atoms with Gasteiger partial charge in [0, 0.05) is 13.1 Å². The standard InChI is InChI=1S/C17H27NO3/c1-13-6-8-16(9-7-13)21-12-15(19)11-18-10-14-4-2-3-5-17(14)20/h6-9,14-15,17-20H,2-5,10-12H2,1H3. The molecule has 1 aromatic carbocycles. The molecule has 118 valence electrons. The summed E-state index contributed by atoms with van der Waals surface area (Å²) in [4.78, 5) is 0. The first-order valence-corrected chi connectivity index (χ1v) is 7.91. The monoisotopic (exact) mass is 293 g/mol. The second kappa shape index (κ2) is 8.37. The summed E-state index contributed by atoms with van der Waals surface area (Å²) in [5.41, 5.74) is 1.19. The maximum absolute atomic E-state index is 9.91. The molecule has 0 radical (unpaired) electrons. The molecule has 1 aliphatic carbocycles. The van der Waals surface area contributed by atoms with Crippen molar-refractivity contribution < 1.29 is 14.9 Å². The van der Waals surface area contributed by atoms with E-state index in [2.05, 4.69) is 5.32 Å². The zero-order chi connectivity index (χ0) is 15.1. The van der Waals surface area contributed by atoms with E-state index in [4.69, 9.17) is 4.74 Å². The van der Waals surface area contributed by atoms with Gasteiger partial charge in [-0.25, -0.2) is 0 Å². The van der Waals surface area contributed by atoms with E-state index in [-0.39, 0.29) is 12.7 Å². The van der Waals surface area contributed by atoms with Gasteiger partial charge in [0.25, 0.3) is 0 Å². The summed E-state index contributed by atoms with van der Waals surface area (Å²) in [6, 6.07) is 7.80. The van der Waals surface area contributed by atoms with Crippen molar-refractivity contribution >= 4 is 0 Å². The highest BCUT2D eigenvalue weighted by atomic mass is 16.5. The minimum Gasteiger partial charge on any atom is -0.491 e. The van der Waals surface area contributed by atoms with Gasteiger partial charge in [0.1, 0.15) is 18.5 Å². The first-order valence-electron chi connectivity index (χ1n) is 7.91. The Morgan fingerprint density at radius 1 is 1.24 bits per heavy atom. The van der Waals surface area contributed by atoms with E-state index in [9.17, 15) is 10.2 Å². The van der Waals surface area contributed by atoms with E-state index in [0.717, 1.165) is 31.6 Å². The summed E-state index contributed by atoms with van der Waals surface area (Å²) in [6.07, 6.45) is 3.59. The largest absolute Gasteiger partial charge is 0.491 e. The number of rotatable bonds is 7. The number of aliphatic hydroxyl groups is 2. The molecule has 1 aliphatic rings. The Labute approximate surface area is 127 Å². The summed E-state index contributed by atoms with van der Waals surface area (Å²) in [5.74, 6) is 1.10. The fourth-order valence-electron chi connectivity index (χ4n) is 2.75. The van der Waals surface area contributed by atoms with Crippen molar-refractivity contribution in [1.29, 1.82) is 0 Å². The first-order chi connectivity index (χ1) is 10.1. The topological polar surface area (TPSA) is 61.7 Å². The van der Waals surface area contributed by atoms with Crippen LogP contribution in [0.25, 0.3) is 0 Å². The fourth-order valence-corrected chi connectivity index (χ4v) is 2.75. The molecule has 0 bridgehead atoms. The molecular weight excluding hydrogens is 266 g/mol. The molecule has 4 nitrogen and oxygen atoms in total. The molecule has 2 rings (SSSR count). The molecule has 0 amide bonds. The highest BCUT2D eigenvalue weighted by Crippen LogP contribution is 2.23. The molecule has 3 atom stereocenters. The van der Waals surface area contributed by atoms with E-state index in [1.165, 1.54) is 12.0 Å². The Morgan fingerprint density at radius 2 is 1.95 bits per heavy atom. The van der Waals surface area contributed by atoms with Gasteiger partial charge in [-0.1, -0.05) is 30.5 Å². The quantitative estimate of drug-likeness (QED) is 0.718. The molecule has 21 heavy (non-hydrogen) atoms. The van der Waals surface area contributed by atoms with Crippen LogP contribution in [0.5, 0.6) is 5.75 Å². The molecule has 1 fully saturated rings. The molecular formula is C17H27NO3. The highest BCUT2D eigenvalue weighted by molar-refractivity contribution is 5.26. The van der Waals surface area contributed by atoms with Crippen LogP contribution < -0.4 is 10.1 Å². The van der Waals surface area contributed by atoms with E-state index >= 15 is 0 Å². The molecule has 3 unspecified atom stereocenters. The summed E-state index contributed by atoms with van der Waals surface area (Å²) >= 11 is 0. The van der Waals surface area contributed by atoms with Crippen molar-refractivity contribution in [1.82, 2.24) is 5.32 Å². The number of hydrogen-bond acceptors (Lipinski definition) is 4. The van der Waals surface area contributed by atoms with Crippen LogP contribution in [0.1, 0.15) is 31.2 Å². The molecule has 0 heterocycles. The lowest BCUT2D eigenvalue weighted by Gasteiger charge is -2.28. The van der Waals surface area contributed by atoms with Crippen LogP contribution in [0, 0.1) is 12.8 Å². The van der Waals surface area contributed by atoms with Gasteiger partial charge in [0.15, 0.2) is 0 Å². The molecule has 0 spiro atoms. The molecule has 0 aromatic heterocycles. The first kappa shape index (κ1) is 16.3. The van der Waals surface area contributed by atoms with Crippen molar-refractivity contribution in [2.45, 2.75) is 44.8 Å². The number of ether oxygens (including phenoxy) is 1. The maximum Gasteiger partial charge on any atom is 0.119 e. The van der Waals surface area contributed by atoms with Gasteiger partial charge in [-0.2, -0.15) is 0 Å². The van der Waals surface area contributed by atoms with Crippen LogP contribution in [0.4, 0.5) is 0 Å². The minimum atomic E-state index is -0.535. The van der Waals surface area contributed by atoms with Gasteiger partial charge >= 0.3 is 0 Å². The maximum atomic E-state index is 9.91. The number of hydrogen-bond donors (Lipinski definition) is 3. The van der Waals surface area contributed by atoms with Gasteiger partial charge in [-0.3, -0.25) is 0 Å². The van der Waals surface area contributed by atoms with Crippen molar-refractivity contribution in [3.63, 3.8) is 0 Å². The average Bonchev–Trinajstić information content (AvgIpc) is 2.49. The van der Waals surface area contributed by atoms with Crippen molar-refractivity contribution in [3.8, 4) is 5.75 Å². The van der Waals surface area contributed by atoms with E-state index in [1.807, 2.05) is 31.2 Å². The lowest BCUT2D eigenvalue weighted by molar-refractivity contribution is 0.0635. The lowest BCUT2D eigenvalue weighted by atomic mass is 9.86. The highest BCUT2D eigenvalue weighted by Gasteiger charge is 2.22.